The zero-order chi connectivity index (χ0) is 55.1. The Labute approximate surface area is 418 Å². The summed E-state index contributed by atoms with van der Waals surface area (Å²) in [6, 6.07) is 2.94. The minimum Gasteiger partial charge on any atom is -0.346 e. The van der Waals surface area contributed by atoms with Gasteiger partial charge in [-0.15, -0.1) is 0 Å². The standard InChI is InChI=1S/C43H40ClF10N8O9PS2/c1-40(2,73(3,68)69)11-10-24-6-7-25(26-8-9-29(44)33-35(26)61(20-41(47,48)49)59-38(33)62(74(4,70)71)39(64)55-12-5-13-72(65,66)67)34(56-24)30(16-21-14-22(45)17-23(46)15-21)57-31(63)19-60-37-32(36(58-60)43(52,53)54)27-18-28(27)42(37,50)51/h6-9,14-15,17,27-28,30H,5,12-13,16,18-20H2,1-4H3,(H,55,64)(H,57,63)(H2,65,66,67)/t27-,28+,30-/m0/s1. The molecule has 74 heavy (non-hydrogen) atoms. The van der Waals surface area contributed by atoms with Crippen LogP contribution in [0.15, 0.2) is 42.5 Å². The number of anilines is 1. The number of alkyl halides is 8. The van der Waals surface area contributed by atoms with Crippen molar-refractivity contribution in [2.24, 2.45) is 5.92 Å². The van der Waals surface area contributed by atoms with Gasteiger partial charge in [0.25, 0.3) is 5.92 Å². The Morgan fingerprint density at radius 2 is 1.61 bits per heavy atom. The smallest absolute Gasteiger partial charge is 0.346 e. The Kier molecular flexibility index (Phi) is 14.7. The van der Waals surface area contributed by atoms with Crippen LogP contribution in [0.4, 0.5) is 54.5 Å². The normalized spacial score (nSPS) is 17.0. The van der Waals surface area contributed by atoms with Gasteiger partial charge in [-0.25, -0.2) is 35.4 Å². The molecule has 17 nitrogen and oxygen atoms in total. The van der Waals surface area contributed by atoms with E-state index >= 15 is 8.78 Å². The number of pyridine rings is 1. The molecule has 0 bridgehead atoms. The van der Waals surface area contributed by atoms with Crippen LogP contribution in [-0.2, 0) is 60.8 Å². The molecule has 2 aliphatic carbocycles. The number of aromatic nitrogens is 5. The number of urea groups is 1. The lowest BCUT2D eigenvalue weighted by Gasteiger charge is -2.23. The van der Waals surface area contributed by atoms with Crippen molar-refractivity contribution in [1.82, 2.24) is 35.2 Å². The summed E-state index contributed by atoms with van der Waals surface area (Å²) in [7, 11) is -13.4. The summed E-state index contributed by atoms with van der Waals surface area (Å²) in [6.45, 7) is -1.49. The quantitative estimate of drug-likeness (QED) is 0.0349. The number of hydrogen-bond acceptors (Lipinski definition) is 10. The molecule has 0 unspecified atom stereocenters. The Morgan fingerprint density at radius 1 is 0.973 bits per heavy atom. The highest BCUT2D eigenvalue weighted by Crippen LogP contribution is 2.68. The van der Waals surface area contributed by atoms with Crippen molar-refractivity contribution < 1.29 is 84.7 Å². The number of amides is 3. The maximum absolute atomic E-state index is 15.6. The molecule has 2 aliphatic rings. The monoisotopic (exact) mass is 1130 g/mol. The number of carbonyl (C=O) groups excluding carboxylic acids is 2. The third-order valence-electron chi connectivity index (χ3n) is 11.9. The van der Waals surface area contributed by atoms with Crippen molar-refractivity contribution in [3.63, 3.8) is 0 Å². The predicted octanol–water partition coefficient (Wildman–Crippen LogP) is 7.33. The molecule has 3 aromatic heterocycles. The minimum absolute atomic E-state index is 0.0680. The number of nitrogens with zero attached hydrogens (tertiary/aromatic N) is 6. The number of rotatable bonds is 15. The average molecular weight is 1130 g/mol. The maximum atomic E-state index is 15.6. The Balaban J connectivity index is 1.46. The van der Waals surface area contributed by atoms with Gasteiger partial charge in [0.15, 0.2) is 21.3 Å². The SMILES string of the molecule is CC(C)(C#Cc1ccc(-c2ccc(Cl)c3c(N(C(=O)NCCCP(=O)(O)O)S(C)(=O)=O)nn(CC(F)(F)F)c23)c([C@H](Cc2cc(F)cc(F)c2)NC(=O)Cn2nc(C(F)(F)F)c3c2C(F)(F)[C@@H]2C[C@H]32)n1)S(C)(=O)=O. The summed E-state index contributed by atoms with van der Waals surface area (Å²) < 4.78 is 209. The van der Waals surface area contributed by atoms with Gasteiger partial charge in [0.1, 0.15) is 40.9 Å². The molecular formula is C43H40ClF10N8O9PS2. The molecule has 1 fully saturated rings. The Hall–Kier alpha value is -5.79. The summed E-state index contributed by atoms with van der Waals surface area (Å²) in [4.78, 5) is 50.7. The van der Waals surface area contributed by atoms with Crippen LogP contribution >= 0.6 is 19.2 Å². The van der Waals surface area contributed by atoms with E-state index in [2.05, 4.69) is 37.7 Å². The van der Waals surface area contributed by atoms with Gasteiger partial charge in [-0.1, -0.05) is 23.6 Å². The molecule has 4 N–H and O–H groups in total. The van der Waals surface area contributed by atoms with Crippen molar-refractivity contribution in [3.05, 3.63) is 93.0 Å². The van der Waals surface area contributed by atoms with Gasteiger partial charge in [-0.3, -0.25) is 18.7 Å². The second-order valence-corrected chi connectivity index (χ2v) is 24.6. The highest BCUT2D eigenvalue weighted by Gasteiger charge is 2.68. The number of halogens is 11. The first-order valence-corrected chi connectivity index (χ1v) is 27.4. The molecule has 31 heteroatoms. The molecule has 2 aromatic carbocycles. The maximum Gasteiger partial charge on any atom is 0.435 e. The summed E-state index contributed by atoms with van der Waals surface area (Å²) >= 11 is 6.60. The van der Waals surface area contributed by atoms with Gasteiger partial charge in [0, 0.05) is 41.5 Å². The highest BCUT2D eigenvalue weighted by molar-refractivity contribution is 7.93. The van der Waals surface area contributed by atoms with Gasteiger partial charge in [0.05, 0.1) is 40.1 Å². The molecular weight excluding hydrogens is 1090 g/mol. The molecule has 0 spiro atoms. The predicted molar refractivity (Wildman–Crippen MR) is 245 cm³/mol. The van der Waals surface area contributed by atoms with Crippen LogP contribution in [0.1, 0.15) is 72.6 Å². The number of nitrogens with one attached hydrogen (secondary N) is 2. The van der Waals surface area contributed by atoms with Gasteiger partial charge in [-0.05, 0) is 80.8 Å². The summed E-state index contributed by atoms with van der Waals surface area (Å²) in [6.07, 6.45) is -11.3. The van der Waals surface area contributed by atoms with Gasteiger partial charge >= 0.3 is 26.0 Å². The van der Waals surface area contributed by atoms with Crippen LogP contribution in [0, 0.1) is 29.4 Å². The fourth-order valence-electron chi connectivity index (χ4n) is 8.36. The Bertz CT molecular complexity index is 3440. The minimum atomic E-state index is -5.24. The van der Waals surface area contributed by atoms with E-state index < -0.39 is 181 Å². The molecule has 0 radical (unpaired) electrons. The van der Waals surface area contributed by atoms with E-state index in [1.807, 2.05) is 0 Å². The fraction of sp³-hybridized carbons (Fsp3) is 0.419. The first-order valence-electron chi connectivity index (χ1n) is 21.5. The summed E-state index contributed by atoms with van der Waals surface area (Å²) in [5.41, 5.74) is -6.20. The van der Waals surface area contributed by atoms with E-state index in [0.717, 1.165) is 42.7 Å². The third kappa shape index (κ3) is 11.8. The van der Waals surface area contributed by atoms with E-state index in [-0.39, 0.29) is 36.9 Å². The summed E-state index contributed by atoms with van der Waals surface area (Å²) in [5.74, 6) is -6.28. The lowest BCUT2D eigenvalue weighted by molar-refractivity contribution is -0.143. The number of sulfonamides is 1. The van der Waals surface area contributed by atoms with Gasteiger partial charge < -0.3 is 20.4 Å². The summed E-state index contributed by atoms with van der Waals surface area (Å²) in [5, 5.41) is 10.5. The number of fused-ring (bicyclic) bond motifs is 4. The molecule has 1 saturated carbocycles. The van der Waals surface area contributed by atoms with Crippen molar-refractivity contribution >= 4 is 67.7 Å². The largest absolute Gasteiger partial charge is 0.435 e. The molecule has 400 valence electrons. The van der Waals surface area contributed by atoms with Crippen LogP contribution < -0.4 is 14.9 Å². The first kappa shape index (κ1) is 55.9. The van der Waals surface area contributed by atoms with Crippen molar-refractivity contribution in [1.29, 1.82) is 0 Å². The number of carbonyl (C=O) groups is 2. The van der Waals surface area contributed by atoms with Crippen LogP contribution in [0.25, 0.3) is 22.0 Å². The molecule has 7 rings (SSSR count). The molecule has 0 saturated heterocycles. The first-order chi connectivity index (χ1) is 33.9. The average Bonchev–Trinajstić information content (AvgIpc) is 3.75. The molecule has 0 aliphatic heterocycles. The molecule has 3 heterocycles. The van der Waals surface area contributed by atoms with E-state index in [9.17, 15) is 75.9 Å². The van der Waals surface area contributed by atoms with Gasteiger partial charge in [-0.2, -0.15) is 49.6 Å². The fourth-order valence-corrected chi connectivity index (χ4v) is 10.2. The Morgan fingerprint density at radius 3 is 2.19 bits per heavy atom. The third-order valence-corrected chi connectivity index (χ3v) is 16.1. The van der Waals surface area contributed by atoms with E-state index in [0.29, 0.717) is 12.3 Å². The second kappa shape index (κ2) is 19.4. The zero-order valence-corrected chi connectivity index (χ0v) is 41.9. The number of hydrogen-bond donors (Lipinski definition) is 4. The lowest BCUT2D eigenvalue weighted by atomic mass is 9.93. The number of sulfone groups is 1. The van der Waals surface area contributed by atoms with E-state index in [4.69, 9.17) is 11.6 Å². The van der Waals surface area contributed by atoms with Crippen molar-refractivity contribution in [2.45, 2.75) is 81.2 Å². The van der Waals surface area contributed by atoms with Crippen LogP contribution in [0.5, 0.6) is 0 Å². The number of benzene rings is 2. The van der Waals surface area contributed by atoms with Gasteiger partial charge in [0.2, 0.25) is 15.9 Å². The molecule has 5 aromatic rings. The second-order valence-electron chi connectivity index (χ2n) is 18.0. The van der Waals surface area contributed by atoms with Crippen LogP contribution in [0.2, 0.25) is 5.02 Å². The topological polar surface area (TPSA) is 236 Å². The molecule has 3 amide bonds. The van der Waals surface area contributed by atoms with E-state index in [1.54, 1.807) is 0 Å². The van der Waals surface area contributed by atoms with Crippen molar-refractivity contribution in [3.8, 4) is 23.0 Å². The zero-order valence-electron chi connectivity index (χ0n) is 38.6. The van der Waals surface area contributed by atoms with E-state index in [1.165, 1.54) is 13.8 Å². The van der Waals surface area contributed by atoms with Crippen LogP contribution in [0.3, 0.4) is 0 Å². The van der Waals surface area contributed by atoms with Crippen LogP contribution in [-0.4, -0.2) is 99.2 Å². The highest BCUT2D eigenvalue weighted by atomic mass is 35.5. The lowest BCUT2D eigenvalue weighted by Crippen LogP contribution is -2.44. The molecule has 3 atom stereocenters. The van der Waals surface area contributed by atoms with Crippen molar-refractivity contribution in [2.75, 3.05) is 29.5 Å².